The van der Waals surface area contributed by atoms with Gasteiger partial charge >= 0.3 is 12.1 Å². The fraction of sp³-hybridized carbons (Fsp3) is 0.415. The van der Waals surface area contributed by atoms with Gasteiger partial charge in [-0.05, 0) is 78.8 Å². The molecule has 2 aromatic carbocycles. The van der Waals surface area contributed by atoms with Crippen LogP contribution in [0.4, 0.5) is 16.2 Å². The maximum absolute atomic E-state index is 13.4. The molecule has 16 heteroatoms. The van der Waals surface area contributed by atoms with E-state index in [-0.39, 0.29) is 55.7 Å². The number of carboxylic acids is 1. The molecule has 3 heterocycles. The summed E-state index contributed by atoms with van der Waals surface area (Å²) in [5.41, 5.74) is 7.93. The van der Waals surface area contributed by atoms with Crippen LogP contribution in [0.3, 0.4) is 0 Å². The van der Waals surface area contributed by atoms with Crippen molar-refractivity contribution >= 4 is 47.2 Å². The van der Waals surface area contributed by atoms with E-state index in [4.69, 9.17) is 19.9 Å². The van der Waals surface area contributed by atoms with Gasteiger partial charge in [0.05, 0.1) is 11.8 Å². The molecular formula is C41H50N6O10. The summed E-state index contributed by atoms with van der Waals surface area (Å²) in [4.78, 5) is 67.9. The second kappa shape index (κ2) is 21.5. The van der Waals surface area contributed by atoms with Crippen LogP contribution in [0.2, 0.25) is 0 Å². The van der Waals surface area contributed by atoms with Crippen LogP contribution in [0.1, 0.15) is 72.9 Å². The quantitative estimate of drug-likeness (QED) is 0.0831. The maximum Gasteiger partial charge on any atom is 0.411 e. The number of carbonyl (C=O) groups excluding carboxylic acids is 4. The number of nitrogens with two attached hydrogens (primary N) is 1. The van der Waals surface area contributed by atoms with Crippen molar-refractivity contribution in [3.05, 3.63) is 89.8 Å². The zero-order chi connectivity index (χ0) is 40.6. The van der Waals surface area contributed by atoms with Crippen LogP contribution in [-0.4, -0.2) is 94.6 Å². The van der Waals surface area contributed by atoms with Gasteiger partial charge in [-0.25, -0.2) is 9.59 Å². The molecule has 5 rings (SSSR count). The molecule has 2 aliphatic heterocycles. The number of pyridine rings is 1. The topological polar surface area (TPSA) is 232 Å². The Bertz CT molecular complexity index is 1870. The number of aliphatic carboxylic acids is 1. The molecule has 1 aromatic heterocycles. The first-order valence-corrected chi connectivity index (χ1v) is 19.1. The Morgan fingerprint density at radius 2 is 1.82 bits per heavy atom. The van der Waals surface area contributed by atoms with Crippen molar-refractivity contribution in [3.8, 4) is 5.75 Å². The number of ether oxygens (including phenoxy) is 3. The molecule has 0 bridgehead atoms. The van der Waals surface area contributed by atoms with Crippen molar-refractivity contribution in [1.29, 1.82) is 0 Å². The number of rotatable bonds is 17. The molecule has 4 amide bonds. The highest BCUT2D eigenvalue weighted by Gasteiger charge is 2.34. The SMILES string of the molecule is NCCC(=O)Nc1cc(COC(=O)Nc2cccc(C(=O)N3CCC(CCCCNC(=O)/C=C/c4cccnc4)CC3)c2)ccc1OC1CC(O)CC(C(=O)O)O1. The fourth-order valence-corrected chi connectivity index (χ4v) is 6.56. The lowest BCUT2D eigenvalue weighted by atomic mass is 9.91. The lowest BCUT2D eigenvalue weighted by Gasteiger charge is -2.32. The van der Waals surface area contributed by atoms with Crippen LogP contribution >= 0.6 is 0 Å². The monoisotopic (exact) mass is 786 g/mol. The van der Waals surface area contributed by atoms with Gasteiger partial charge in [0.2, 0.25) is 18.1 Å². The molecule has 3 unspecified atom stereocenters. The summed E-state index contributed by atoms with van der Waals surface area (Å²) in [6, 6.07) is 15.0. The largest absolute Gasteiger partial charge is 0.479 e. The molecule has 0 saturated carbocycles. The lowest BCUT2D eigenvalue weighted by Crippen LogP contribution is -2.42. The Kier molecular flexibility index (Phi) is 15.9. The van der Waals surface area contributed by atoms with E-state index in [1.807, 2.05) is 17.0 Å². The summed E-state index contributed by atoms with van der Waals surface area (Å²) >= 11 is 0. The number of anilines is 2. The first-order chi connectivity index (χ1) is 27.6. The van der Waals surface area contributed by atoms with Crippen LogP contribution < -0.4 is 26.4 Å². The number of likely N-dealkylation sites (tertiary alicyclic amines) is 1. The van der Waals surface area contributed by atoms with E-state index < -0.39 is 36.5 Å². The predicted octanol–water partition coefficient (Wildman–Crippen LogP) is 4.30. The molecule has 2 saturated heterocycles. The molecule has 57 heavy (non-hydrogen) atoms. The summed E-state index contributed by atoms with van der Waals surface area (Å²) in [5, 5.41) is 27.7. The standard InChI is InChI=1S/C41H50N6O10/c42-16-13-37(50)46-33-21-29(9-11-34(33)56-38-24-32(48)23-35(57-38)40(52)53)26-55-41(54)45-31-8-3-7-30(22-31)39(51)47-19-14-27(15-20-47)5-1-2-18-44-36(49)12-10-28-6-4-17-43-25-28/h3-4,6-12,17,21-22,25,27,32,35,38,48H,1-2,5,13-16,18-20,23-24,26,42H2,(H,44,49)(H,45,54)(H,46,50)(H,52,53)/b12-10+. The Balaban J connectivity index is 1.05. The Morgan fingerprint density at radius 1 is 1.00 bits per heavy atom. The molecule has 0 radical (unpaired) electrons. The van der Waals surface area contributed by atoms with Gasteiger partial charge in [-0.3, -0.25) is 24.7 Å². The molecule has 3 aromatic rings. The van der Waals surface area contributed by atoms with E-state index >= 15 is 0 Å². The second-order valence-corrected chi connectivity index (χ2v) is 14.0. The van der Waals surface area contributed by atoms with E-state index in [0.717, 1.165) is 37.7 Å². The minimum atomic E-state index is -1.25. The normalized spacial score (nSPS) is 18.4. The summed E-state index contributed by atoms with van der Waals surface area (Å²) in [6.45, 7) is 1.80. The first-order valence-electron chi connectivity index (χ1n) is 19.1. The molecule has 3 atom stereocenters. The summed E-state index contributed by atoms with van der Waals surface area (Å²) in [6.07, 6.45) is 7.22. The molecule has 2 fully saturated rings. The average molecular weight is 787 g/mol. The van der Waals surface area contributed by atoms with Gasteiger partial charge in [-0.2, -0.15) is 0 Å². The molecule has 304 valence electrons. The number of nitrogens with one attached hydrogen (secondary N) is 3. The summed E-state index contributed by atoms with van der Waals surface area (Å²) in [5.74, 6) is -1.21. The van der Waals surface area contributed by atoms with Crippen molar-refractivity contribution < 1.29 is 48.4 Å². The number of aliphatic hydroxyl groups excluding tert-OH is 1. The van der Waals surface area contributed by atoms with Crippen LogP contribution in [0.25, 0.3) is 6.08 Å². The first kappa shape index (κ1) is 42.3. The average Bonchev–Trinajstić information content (AvgIpc) is 3.20. The van der Waals surface area contributed by atoms with Gasteiger partial charge in [-0.1, -0.05) is 31.0 Å². The Hall–Kier alpha value is -5.84. The van der Waals surface area contributed by atoms with Crippen molar-refractivity contribution in [3.63, 3.8) is 0 Å². The van der Waals surface area contributed by atoms with Gasteiger partial charge in [0.15, 0.2) is 6.10 Å². The predicted molar refractivity (Wildman–Crippen MR) is 210 cm³/mol. The Morgan fingerprint density at radius 3 is 2.58 bits per heavy atom. The zero-order valence-corrected chi connectivity index (χ0v) is 31.6. The highest BCUT2D eigenvalue weighted by molar-refractivity contribution is 5.96. The number of carbonyl (C=O) groups is 5. The van der Waals surface area contributed by atoms with Gasteiger partial charge in [0.1, 0.15) is 12.4 Å². The second-order valence-electron chi connectivity index (χ2n) is 14.0. The van der Waals surface area contributed by atoms with E-state index in [9.17, 15) is 34.2 Å². The number of aromatic nitrogens is 1. The number of unbranched alkanes of at least 4 members (excludes halogenated alkanes) is 1. The van der Waals surface area contributed by atoms with Crippen LogP contribution in [0.5, 0.6) is 5.75 Å². The van der Waals surface area contributed by atoms with Gasteiger partial charge < -0.3 is 45.7 Å². The van der Waals surface area contributed by atoms with E-state index in [0.29, 0.717) is 42.4 Å². The number of piperidine rings is 1. The van der Waals surface area contributed by atoms with Crippen LogP contribution in [-0.2, 0) is 30.5 Å². The maximum atomic E-state index is 13.4. The third kappa shape index (κ3) is 13.7. The Labute approximate surface area is 330 Å². The smallest absolute Gasteiger partial charge is 0.411 e. The van der Waals surface area contributed by atoms with Gasteiger partial charge in [0, 0.05) is 75.2 Å². The fourth-order valence-electron chi connectivity index (χ4n) is 6.56. The summed E-state index contributed by atoms with van der Waals surface area (Å²) in [7, 11) is 0. The third-order valence-electron chi connectivity index (χ3n) is 9.57. The number of benzene rings is 2. The van der Waals surface area contributed by atoms with Crippen molar-refractivity contribution in [2.45, 2.75) is 76.5 Å². The molecular weight excluding hydrogens is 736 g/mol. The highest BCUT2D eigenvalue weighted by Crippen LogP contribution is 2.31. The molecule has 0 aliphatic carbocycles. The van der Waals surface area contributed by atoms with E-state index in [1.54, 1.807) is 48.8 Å². The molecule has 0 spiro atoms. The zero-order valence-electron chi connectivity index (χ0n) is 31.6. The minimum Gasteiger partial charge on any atom is -0.479 e. The van der Waals surface area contributed by atoms with Crippen LogP contribution in [0.15, 0.2) is 73.1 Å². The van der Waals surface area contributed by atoms with Gasteiger partial charge in [-0.15, -0.1) is 0 Å². The minimum absolute atomic E-state index is 0.0223. The van der Waals surface area contributed by atoms with E-state index in [2.05, 4.69) is 20.9 Å². The van der Waals surface area contributed by atoms with Crippen molar-refractivity contribution in [1.82, 2.24) is 15.2 Å². The number of amides is 4. The number of hydrogen-bond acceptors (Lipinski definition) is 11. The van der Waals surface area contributed by atoms with Crippen molar-refractivity contribution in [2.24, 2.45) is 11.7 Å². The number of hydrogen-bond donors (Lipinski definition) is 6. The van der Waals surface area contributed by atoms with E-state index in [1.165, 1.54) is 18.2 Å². The molecule has 7 N–H and O–H groups in total. The van der Waals surface area contributed by atoms with Gasteiger partial charge in [0.25, 0.3) is 5.91 Å². The summed E-state index contributed by atoms with van der Waals surface area (Å²) < 4.78 is 16.7. The highest BCUT2D eigenvalue weighted by atomic mass is 16.7. The lowest BCUT2D eigenvalue weighted by molar-refractivity contribution is -0.195. The number of aliphatic hydroxyl groups is 1. The molecule has 16 nitrogen and oxygen atoms in total. The number of nitrogens with zero attached hydrogens (tertiary/aromatic N) is 2. The van der Waals surface area contributed by atoms with Crippen LogP contribution in [0, 0.1) is 5.92 Å². The number of carboxylic acid groups (broad SMARTS) is 1. The third-order valence-corrected chi connectivity index (χ3v) is 9.57. The molecule has 2 aliphatic rings. The van der Waals surface area contributed by atoms with Crippen molar-refractivity contribution in [2.75, 3.05) is 36.8 Å².